The molecule has 0 fully saturated rings. The molecule has 0 aliphatic rings. The number of nitrogens with one attached hydrogen (secondary N) is 1. The summed E-state index contributed by atoms with van der Waals surface area (Å²) >= 11 is 0. The summed E-state index contributed by atoms with van der Waals surface area (Å²) < 4.78 is 0. The Morgan fingerprint density at radius 2 is 2.17 bits per heavy atom. The molecule has 58 valence electrons. The second-order valence-electron chi connectivity index (χ2n) is 2.18. The third-order valence-corrected chi connectivity index (χ3v) is 1.28. The van der Waals surface area contributed by atoms with Crippen LogP contribution in [0.25, 0.3) is 0 Å². The molecule has 12 heavy (non-hydrogen) atoms. The first-order chi connectivity index (χ1) is 5.11. The van der Waals surface area contributed by atoms with Crippen molar-refractivity contribution in [2.75, 3.05) is 0 Å². The summed E-state index contributed by atoms with van der Waals surface area (Å²) in [5.74, 6) is -1.45. The Morgan fingerprint density at radius 3 is 2.58 bits per heavy atom. The molecule has 0 saturated carbocycles. The molecule has 0 atom stereocenters. The number of aromatic nitrogens is 1. The maximum absolute atomic E-state index is 10.8. The van der Waals surface area contributed by atoms with Crippen molar-refractivity contribution in [3.05, 3.63) is 33.7 Å². The fourth-order valence-electron chi connectivity index (χ4n) is 0.733. The minimum atomic E-state index is -1.45. The van der Waals surface area contributed by atoms with E-state index in [9.17, 15) is 14.7 Å². The number of pyridine rings is 1. The van der Waals surface area contributed by atoms with E-state index in [2.05, 4.69) is 4.98 Å². The van der Waals surface area contributed by atoms with Gasteiger partial charge < -0.3 is 14.9 Å². The zero-order chi connectivity index (χ0) is 8.43. The van der Waals surface area contributed by atoms with Crippen LogP contribution in [0.15, 0.2) is 17.1 Å². The number of rotatable bonds is 1. The first-order valence-corrected chi connectivity index (χ1v) is 3.02. The van der Waals surface area contributed by atoms with Gasteiger partial charge >= 0.3 is 29.6 Å². The number of carboxylic acids is 1. The zero-order valence-electron chi connectivity index (χ0n) is 6.88. The van der Waals surface area contributed by atoms with Crippen LogP contribution >= 0.6 is 0 Å². The Hall–Kier alpha value is -0.580. The second kappa shape index (κ2) is 4.45. The van der Waals surface area contributed by atoms with Crippen molar-refractivity contribution in [1.82, 2.24) is 4.98 Å². The summed E-state index contributed by atoms with van der Waals surface area (Å²) in [6.07, 6.45) is 1.13. The molecular formula is C7H6NNaO3. The largest absolute Gasteiger partial charge is 1.00 e. The second-order valence-corrected chi connectivity index (χ2v) is 2.18. The molecule has 5 heteroatoms. The van der Waals surface area contributed by atoms with E-state index < -0.39 is 11.4 Å². The Kier molecular flexibility index (Phi) is 4.23. The predicted octanol–water partition coefficient (Wildman–Crippen LogP) is -3.95. The number of H-pyrrole nitrogens is 1. The number of aryl methyl sites for hydroxylation is 1. The van der Waals surface area contributed by atoms with E-state index in [4.69, 9.17) is 0 Å². The van der Waals surface area contributed by atoms with Crippen molar-refractivity contribution in [3.63, 3.8) is 0 Å². The number of aromatic carboxylic acids is 1. The van der Waals surface area contributed by atoms with E-state index in [1.165, 1.54) is 6.07 Å². The van der Waals surface area contributed by atoms with Crippen LogP contribution in [-0.2, 0) is 0 Å². The Bertz CT molecular complexity index is 345. The summed E-state index contributed by atoms with van der Waals surface area (Å²) in [7, 11) is 0. The molecule has 1 heterocycles. The molecule has 4 nitrogen and oxygen atoms in total. The topological polar surface area (TPSA) is 73.0 Å². The van der Waals surface area contributed by atoms with Gasteiger partial charge in [-0.2, -0.15) is 0 Å². The normalized spacial score (nSPS) is 8.75. The average molecular weight is 175 g/mol. The van der Waals surface area contributed by atoms with Gasteiger partial charge in [0.15, 0.2) is 5.43 Å². The van der Waals surface area contributed by atoms with Crippen molar-refractivity contribution in [3.8, 4) is 0 Å². The summed E-state index contributed by atoms with van der Waals surface area (Å²) in [5.41, 5.74) is -0.239. The molecule has 0 aliphatic carbocycles. The molecule has 1 aromatic heterocycles. The third kappa shape index (κ3) is 2.48. The molecular weight excluding hydrogens is 169 g/mol. The SMILES string of the molecule is Cc1cc(=O)c(C(=O)[O-])c[nH]1.[Na+]. The maximum Gasteiger partial charge on any atom is 1.00 e. The van der Waals surface area contributed by atoms with Crippen molar-refractivity contribution >= 4 is 5.97 Å². The number of carbonyl (C=O) groups is 1. The van der Waals surface area contributed by atoms with Gasteiger partial charge in [-0.25, -0.2) is 0 Å². The number of carbonyl (C=O) groups excluding carboxylic acids is 1. The maximum atomic E-state index is 10.8. The van der Waals surface area contributed by atoms with Crippen LogP contribution in [0.3, 0.4) is 0 Å². The summed E-state index contributed by atoms with van der Waals surface area (Å²) in [4.78, 5) is 23.6. The van der Waals surface area contributed by atoms with Gasteiger partial charge in [0, 0.05) is 18.0 Å². The van der Waals surface area contributed by atoms with E-state index in [-0.39, 0.29) is 35.1 Å². The van der Waals surface area contributed by atoms with E-state index in [1.54, 1.807) is 6.92 Å². The fraction of sp³-hybridized carbons (Fsp3) is 0.143. The molecule has 1 aromatic rings. The van der Waals surface area contributed by atoms with Crippen LogP contribution in [-0.4, -0.2) is 11.0 Å². The zero-order valence-corrected chi connectivity index (χ0v) is 8.88. The Labute approximate surface area is 90.9 Å². The number of hydrogen-bond donors (Lipinski definition) is 1. The molecule has 0 amide bonds. The van der Waals surface area contributed by atoms with Crippen molar-refractivity contribution in [2.45, 2.75) is 6.92 Å². The molecule has 0 spiro atoms. The van der Waals surface area contributed by atoms with E-state index >= 15 is 0 Å². The van der Waals surface area contributed by atoms with Gasteiger partial charge in [-0.05, 0) is 6.92 Å². The van der Waals surface area contributed by atoms with E-state index in [1.807, 2.05) is 0 Å². The van der Waals surface area contributed by atoms with Gasteiger partial charge in [0.2, 0.25) is 0 Å². The summed E-state index contributed by atoms with van der Waals surface area (Å²) in [6.45, 7) is 1.67. The molecule has 0 bridgehead atoms. The number of carboxylic acid groups (broad SMARTS) is 1. The van der Waals surface area contributed by atoms with E-state index in [0.29, 0.717) is 5.69 Å². The summed E-state index contributed by atoms with van der Waals surface area (Å²) in [5, 5.41) is 10.2. The van der Waals surface area contributed by atoms with Crippen molar-refractivity contribution in [1.29, 1.82) is 0 Å². The smallest absolute Gasteiger partial charge is 0.545 e. The molecule has 0 radical (unpaired) electrons. The quantitative estimate of drug-likeness (QED) is 0.443. The molecule has 0 unspecified atom stereocenters. The first-order valence-electron chi connectivity index (χ1n) is 3.02. The molecule has 0 aliphatic heterocycles. The standard InChI is InChI=1S/C7H7NO3.Na/c1-4-2-6(9)5(3-8-4)7(10)11;/h2-3H,1H3,(H,8,9)(H,10,11);/q;+1/p-1. The van der Waals surface area contributed by atoms with Crippen LogP contribution in [0.2, 0.25) is 0 Å². The number of aromatic amines is 1. The Morgan fingerprint density at radius 1 is 1.58 bits per heavy atom. The van der Waals surface area contributed by atoms with Gasteiger partial charge in [0.25, 0.3) is 0 Å². The molecule has 1 rings (SSSR count). The van der Waals surface area contributed by atoms with Crippen LogP contribution in [0.4, 0.5) is 0 Å². The average Bonchev–Trinajstić information content (AvgIpc) is 1.85. The molecule has 0 aromatic carbocycles. The Balaban J connectivity index is 0.00000121. The first kappa shape index (κ1) is 11.4. The van der Waals surface area contributed by atoms with Crippen LogP contribution < -0.4 is 40.1 Å². The summed E-state index contributed by atoms with van der Waals surface area (Å²) in [6, 6.07) is 1.21. The van der Waals surface area contributed by atoms with Gasteiger partial charge in [-0.1, -0.05) is 0 Å². The minimum Gasteiger partial charge on any atom is -0.545 e. The van der Waals surface area contributed by atoms with Gasteiger partial charge in [0.1, 0.15) is 0 Å². The van der Waals surface area contributed by atoms with Gasteiger partial charge in [0.05, 0.1) is 11.5 Å². The third-order valence-electron chi connectivity index (χ3n) is 1.28. The monoisotopic (exact) mass is 175 g/mol. The van der Waals surface area contributed by atoms with Crippen LogP contribution in [0.5, 0.6) is 0 Å². The van der Waals surface area contributed by atoms with Crippen molar-refractivity contribution in [2.24, 2.45) is 0 Å². The predicted molar refractivity (Wildman–Crippen MR) is 36.1 cm³/mol. The van der Waals surface area contributed by atoms with Crippen LogP contribution in [0.1, 0.15) is 16.1 Å². The fourth-order valence-corrected chi connectivity index (χ4v) is 0.733. The number of hydrogen-bond acceptors (Lipinski definition) is 3. The van der Waals surface area contributed by atoms with Crippen molar-refractivity contribution < 1.29 is 39.5 Å². The van der Waals surface area contributed by atoms with Crippen LogP contribution in [0, 0.1) is 6.92 Å². The van der Waals surface area contributed by atoms with E-state index in [0.717, 1.165) is 6.20 Å². The molecule has 0 saturated heterocycles. The minimum absolute atomic E-state index is 0. The molecule has 1 N–H and O–H groups in total. The van der Waals surface area contributed by atoms with Gasteiger partial charge in [-0.15, -0.1) is 0 Å². The van der Waals surface area contributed by atoms with Gasteiger partial charge in [-0.3, -0.25) is 4.79 Å².